The number of carbonyl (C=O) groups excluding carboxylic acids is 1. The van der Waals surface area contributed by atoms with Crippen molar-refractivity contribution in [2.24, 2.45) is 7.05 Å². The fourth-order valence-electron chi connectivity index (χ4n) is 1.71. The highest BCUT2D eigenvalue weighted by molar-refractivity contribution is 7.09. The number of aryl methyl sites for hydroxylation is 1. The zero-order valence-electron chi connectivity index (χ0n) is 10.2. The van der Waals surface area contributed by atoms with Crippen LogP contribution >= 0.6 is 11.3 Å². The van der Waals surface area contributed by atoms with E-state index in [-0.39, 0.29) is 5.91 Å². The van der Waals surface area contributed by atoms with Gasteiger partial charge in [-0.1, -0.05) is 12.1 Å². The van der Waals surface area contributed by atoms with Crippen LogP contribution in [-0.4, -0.2) is 27.1 Å². The summed E-state index contributed by atoms with van der Waals surface area (Å²) in [6, 6.07) is 5.74. The van der Waals surface area contributed by atoms with Crippen molar-refractivity contribution in [3.63, 3.8) is 0 Å². The Morgan fingerprint density at radius 3 is 3.00 bits per heavy atom. The SMILES string of the molecule is C=CCN(Cc1cccs1)C(=O)c1ccnn1C. The van der Waals surface area contributed by atoms with Crippen molar-refractivity contribution in [2.45, 2.75) is 6.54 Å². The first-order valence-electron chi connectivity index (χ1n) is 5.63. The Labute approximate surface area is 110 Å². The normalized spacial score (nSPS) is 10.3. The standard InChI is InChI=1S/C13H15N3OS/c1-3-8-16(10-11-5-4-9-18-11)13(17)12-6-7-14-15(12)2/h3-7,9H,1,8,10H2,2H3. The van der Waals surface area contributed by atoms with E-state index < -0.39 is 0 Å². The van der Waals surface area contributed by atoms with Crippen molar-refractivity contribution >= 4 is 17.2 Å². The average Bonchev–Trinajstić information content (AvgIpc) is 2.99. The molecule has 0 fully saturated rings. The van der Waals surface area contributed by atoms with Crippen molar-refractivity contribution in [3.05, 3.63) is 53.0 Å². The number of nitrogens with zero attached hydrogens (tertiary/aromatic N) is 3. The third kappa shape index (κ3) is 2.68. The summed E-state index contributed by atoms with van der Waals surface area (Å²) in [6.07, 6.45) is 3.37. The molecule has 0 N–H and O–H groups in total. The molecule has 5 heteroatoms. The van der Waals surface area contributed by atoms with Crippen LogP contribution in [0.5, 0.6) is 0 Å². The van der Waals surface area contributed by atoms with Gasteiger partial charge < -0.3 is 4.90 Å². The molecule has 0 aliphatic rings. The molecule has 1 amide bonds. The van der Waals surface area contributed by atoms with Gasteiger partial charge in [0.05, 0.1) is 6.54 Å². The summed E-state index contributed by atoms with van der Waals surface area (Å²) < 4.78 is 1.59. The number of thiophene rings is 1. The molecule has 4 nitrogen and oxygen atoms in total. The summed E-state index contributed by atoms with van der Waals surface area (Å²) in [5, 5.41) is 6.03. The van der Waals surface area contributed by atoms with Gasteiger partial charge in [-0.05, 0) is 17.5 Å². The maximum atomic E-state index is 12.4. The molecule has 0 unspecified atom stereocenters. The van der Waals surface area contributed by atoms with E-state index in [0.29, 0.717) is 18.8 Å². The molecule has 2 heterocycles. The maximum Gasteiger partial charge on any atom is 0.272 e. The Balaban J connectivity index is 2.17. The summed E-state index contributed by atoms with van der Waals surface area (Å²) in [5.74, 6) is -0.0247. The van der Waals surface area contributed by atoms with Crippen LogP contribution in [0.15, 0.2) is 42.4 Å². The van der Waals surface area contributed by atoms with Crippen molar-refractivity contribution in [3.8, 4) is 0 Å². The van der Waals surface area contributed by atoms with Crippen LogP contribution in [0.25, 0.3) is 0 Å². The van der Waals surface area contributed by atoms with Crippen LogP contribution in [0.1, 0.15) is 15.4 Å². The maximum absolute atomic E-state index is 12.4. The smallest absolute Gasteiger partial charge is 0.272 e. The molecule has 2 rings (SSSR count). The Hall–Kier alpha value is -1.88. The van der Waals surface area contributed by atoms with Crippen molar-refractivity contribution in [1.29, 1.82) is 0 Å². The van der Waals surface area contributed by atoms with Crippen molar-refractivity contribution < 1.29 is 4.79 Å². The molecular weight excluding hydrogens is 246 g/mol. The van der Waals surface area contributed by atoms with E-state index in [4.69, 9.17) is 0 Å². The predicted octanol–water partition coefficient (Wildman–Crippen LogP) is 2.31. The Kier molecular flexibility index (Phi) is 3.94. The number of amides is 1. The molecule has 0 aliphatic heterocycles. The Morgan fingerprint density at radius 2 is 2.44 bits per heavy atom. The van der Waals surface area contributed by atoms with Gasteiger partial charge in [0, 0.05) is 24.7 Å². The number of hydrogen-bond donors (Lipinski definition) is 0. The highest BCUT2D eigenvalue weighted by atomic mass is 32.1. The molecule has 18 heavy (non-hydrogen) atoms. The second kappa shape index (κ2) is 5.64. The molecule has 0 saturated carbocycles. The lowest BCUT2D eigenvalue weighted by molar-refractivity contribution is 0.0753. The molecule has 0 aromatic carbocycles. The molecule has 0 atom stereocenters. The Bertz CT molecular complexity index is 530. The van der Waals surface area contributed by atoms with E-state index >= 15 is 0 Å². The van der Waals surface area contributed by atoms with Crippen molar-refractivity contribution in [1.82, 2.24) is 14.7 Å². The van der Waals surface area contributed by atoms with Gasteiger partial charge in [-0.15, -0.1) is 17.9 Å². The van der Waals surface area contributed by atoms with Crippen LogP contribution in [0, 0.1) is 0 Å². The second-order valence-corrected chi connectivity index (χ2v) is 4.93. The lowest BCUT2D eigenvalue weighted by atomic mass is 10.3. The van der Waals surface area contributed by atoms with Gasteiger partial charge in [0.2, 0.25) is 0 Å². The largest absolute Gasteiger partial charge is 0.328 e. The molecular formula is C13H15N3OS. The lowest BCUT2D eigenvalue weighted by Gasteiger charge is -2.20. The van der Waals surface area contributed by atoms with Gasteiger partial charge in [0.15, 0.2) is 0 Å². The summed E-state index contributed by atoms with van der Waals surface area (Å²) >= 11 is 1.65. The van der Waals surface area contributed by atoms with Crippen molar-refractivity contribution in [2.75, 3.05) is 6.54 Å². The van der Waals surface area contributed by atoms with E-state index in [9.17, 15) is 4.79 Å². The molecule has 0 radical (unpaired) electrons. The van der Waals surface area contributed by atoms with Gasteiger partial charge in [0.1, 0.15) is 5.69 Å². The second-order valence-electron chi connectivity index (χ2n) is 3.89. The molecule has 94 valence electrons. The van der Waals surface area contributed by atoms with E-state index in [2.05, 4.69) is 11.7 Å². The molecule has 2 aromatic rings. The summed E-state index contributed by atoms with van der Waals surface area (Å²) in [6.45, 7) is 4.84. The monoisotopic (exact) mass is 261 g/mol. The highest BCUT2D eigenvalue weighted by Crippen LogP contribution is 2.14. The van der Waals surface area contributed by atoms with E-state index in [1.165, 1.54) is 0 Å². The fourth-order valence-corrected chi connectivity index (χ4v) is 2.43. The lowest BCUT2D eigenvalue weighted by Crippen LogP contribution is -2.31. The summed E-state index contributed by atoms with van der Waals surface area (Å²) in [7, 11) is 1.77. The van der Waals surface area contributed by atoms with Gasteiger partial charge in [-0.3, -0.25) is 9.48 Å². The van der Waals surface area contributed by atoms with Crippen LogP contribution < -0.4 is 0 Å². The molecule has 2 aromatic heterocycles. The Morgan fingerprint density at radius 1 is 1.61 bits per heavy atom. The van der Waals surface area contributed by atoms with Gasteiger partial charge in [0.25, 0.3) is 5.91 Å². The van der Waals surface area contributed by atoms with Crippen LogP contribution in [0.2, 0.25) is 0 Å². The number of aromatic nitrogens is 2. The topological polar surface area (TPSA) is 38.1 Å². The minimum absolute atomic E-state index is 0.0247. The minimum atomic E-state index is -0.0247. The van der Waals surface area contributed by atoms with E-state index in [1.54, 1.807) is 46.3 Å². The van der Waals surface area contributed by atoms with E-state index in [1.807, 2.05) is 17.5 Å². The first-order valence-corrected chi connectivity index (χ1v) is 6.51. The first-order chi connectivity index (χ1) is 8.72. The van der Waals surface area contributed by atoms with Crippen LogP contribution in [0.4, 0.5) is 0 Å². The number of carbonyl (C=O) groups is 1. The molecule has 0 bridgehead atoms. The minimum Gasteiger partial charge on any atom is -0.328 e. The number of rotatable bonds is 5. The summed E-state index contributed by atoms with van der Waals surface area (Å²) in [4.78, 5) is 15.3. The fraction of sp³-hybridized carbons (Fsp3) is 0.231. The van der Waals surface area contributed by atoms with Crippen LogP contribution in [-0.2, 0) is 13.6 Å². The average molecular weight is 261 g/mol. The number of hydrogen-bond acceptors (Lipinski definition) is 3. The van der Waals surface area contributed by atoms with Gasteiger partial charge in [-0.25, -0.2) is 0 Å². The third-order valence-corrected chi connectivity index (χ3v) is 3.46. The highest BCUT2D eigenvalue weighted by Gasteiger charge is 2.18. The molecule has 0 aliphatic carbocycles. The quantitative estimate of drug-likeness (QED) is 0.775. The molecule has 0 spiro atoms. The van der Waals surface area contributed by atoms with E-state index in [0.717, 1.165) is 4.88 Å². The molecule has 0 saturated heterocycles. The first kappa shape index (κ1) is 12.6. The predicted molar refractivity (Wildman–Crippen MR) is 72.5 cm³/mol. The van der Waals surface area contributed by atoms with Gasteiger partial charge >= 0.3 is 0 Å². The zero-order valence-corrected chi connectivity index (χ0v) is 11.1. The van der Waals surface area contributed by atoms with Crippen LogP contribution in [0.3, 0.4) is 0 Å². The van der Waals surface area contributed by atoms with Gasteiger partial charge in [-0.2, -0.15) is 5.10 Å². The zero-order chi connectivity index (χ0) is 13.0. The third-order valence-electron chi connectivity index (χ3n) is 2.60. The summed E-state index contributed by atoms with van der Waals surface area (Å²) in [5.41, 5.74) is 0.591.